The van der Waals surface area contributed by atoms with Gasteiger partial charge in [0.05, 0.1) is 5.69 Å². The molecule has 1 heterocycles. The average Bonchev–Trinajstić information content (AvgIpc) is 3.11. The van der Waals surface area contributed by atoms with Gasteiger partial charge in [0.15, 0.2) is 0 Å². The lowest BCUT2D eigenvalue weighted by atomic mass is 10.0. The third-order valence-electron chi connectivity index (χ3n) is 5.27. The van der Waals surface area contributed by atoms with Crippen LogP contribution in [0, 0.1) is 6.92 Å². The zero-order valence-corrected chi connectivity index (χ0v) is 16.6. The highest BCUT2D eigenvalue weighted by atomic mass is 16.2. The zero-order chi connectivity index (χ0) is 20.5. The highest BCUT2D eigenvalue weighted by molar-refractivity contribution is 6.33. The lowest BCUT2D eigenvalue weighted by Gasteiger charge is -2.18. The van der Waals surface area contributed by atoms with Crippen LogP contribution in [0.15, 0.2) is 108 Å². The Kier molecular flexibility index (Phi) is 4.49. The van der Waals surface area contributed by atoms with Gasteiger partial charge in [0.2, 0.25) is 0 Å². The van der Waals surface area contributed by atoms with Crippen LogP contribution in [0.1, 0.15) is 16.7 Å². The maximum Gasteiger partial charge on any atom is 0.282 e. The van der Waals surface area contributed by atoms with Gasteiger partial charge in [0, 0.05) is 5.56 Å². The second-order valence-electron chi connectivity index (χ2n) is 7.38. The summed E-state index contributed by atoms with van der Waals surface area (Å²) in [5, 5.41) is 2.24. The summed E-state index contributed by atoms with van der Waals surface area (Å²) in [7, 11) is 0. The number of anilines is 1. The predicted octanol–water partition coefficient (Wildman–Crippen LogP) is 5.98. The van der Waals surface area contributed by atoms with E-state index in [1.165, 1.54) is 0 Å². The number of amides is 1. The number of aryl methyl sites for hydroxylation is 1. The van der Waals surface area contributed by atoms with Gasteiger partial charge in [0.1, 0.15) is 11.5 Å². The van der Waals surface area contributed by atoms with E-state index < -0.39 is 0 Å². The zero-order valence-electron chi connectivity index (χ0n) is 16.6. The van der Waals surface area contributed by atoms with Crippen molar-refractivity contribution < 1.29 is 4.79 Å². The Morgan fingerprint density at radius 2 is 1.53 bits per heavy atom. The Labute approximate surface area is 175 Å². The van der Waals surface area contributed by atoms with Crippen molar-refractivity contribution in [3.8, 4) is 0 Å². The van der Waals surface area contributed by atoms with Crippen LogP contribution in [0.5, 0.6) is 0 Å². The van der Waals surface area contributed by atoms with Gasteiger partial charge in [0.25, 0.3) is 5.91 Å². The largest absolute Gasteiger partial charge is 0.282 e. The molecule has 4 aromatic rings. The summed E-state index contributed by atoms with van der Waals surface area (Å²) in [6.07, 6.45) is 1.89. The minimum Gasteiger partial charge on any atom is -0.266 e. The second kappa shape index (κ2) is 7.45. The van der Waals surface area contributed by atoms with E-state index in [4.69, 9.17) is 4.99 Å². The number of carbonyl (C=O) groups excluding carboxylic acids is 1. The Balaban J connectivity index is 1.67. The number of rotatable bonds is 3. The van der Waals surface area contributed by atoms with Crippen molar-refractivity contribution in [3.05, 3.63) is 119 Å². The minimum atomic E-state index is -0.120. The summed E-state index contributed by atoms with van der Waals surface area (Å²) in [5.74, 6) is 0.534. The maximum absolute atomic E-state index is 13.5. The molecule has 5 rings (SSSR count). The van der Waals surface area contributed by atoms with Gasteiger partial charge in [-0.05, 0) is 47.5 Å². The lowest BCUT2D eigenvalue weighted by molar-refractivity contribution is -0.113. The van der Waals surface area contributed by atoms with Crippen molar-refractivity contribution in [1.82, 2.24) is 0 Å². The third-order valence-corrected chi connectivity index (χ3v) is 5.27. The molecule has 1 aliphatic rings. The summed E-state index contributed by atoms with van der Waals surface area (Å²) < 4.78 is 0. The van der Waals surface area contributed by atoms with Crippen LogP contribution in [0.2, 0.25) is 0 Å². The van der Waals surface area contributed by atoms with E-state index in [0.717, 1.165) is 33.2 Å². The molecule has 0 aliphatic carbocycles. The first-order valence-electron chi connectivity index (χ1n) is 9.95. The van der Waals surface area contributed by atoms with Crippen molar-refractivity contribution in [2.45, 2.75) is 6.92 Å². The molecule has 0 atom stereocenters. The van der Waals surface area contributed by atoms with E-state index in [2.05, 4.69) is 24.3 Å². The van der Waals surface area contributed by atoms with E-state index in [0.29, 0.717) is 11.5 Å². The van der Waals surface area contributed by atoms with Gasteiger partial charge in [-0.2, -0.15) is 0 Å². The molecular weight excluding hydrogens is 368 g/mol. The number of fused-ring (bicyclic) bond motifs is 1. The molecule has 4 aromatic carbocycles. The first kappa shape index (κ1) is 18.1. The van der Waals surface area contributed by atoms with Gasteiger partial charge < -0.3 is 0 Å². The van der Waals surface area contributed by atoms with E-state index in [1.807, 2.05) is 85.8 Å². The Bertz CT molecular complexity index is 1310. The van der Waals surface area contributed by atoms with Gasteiger partial charge in [-0.15, -0.1) is 0 Å². The standard InChI is InChI=1S/C27H20N2O/c1-19-9-7-13-22(17-19)26-28-25(27(30)29(26)23-14-3-2-4-15-23)18-21-12-8-11-20-10-5-6-16-24(20)21/h2-18H,1H3/b25-18+. The summed E-state index contributed by atoms with van der Waals surface area (Å²) >= 11 is 0. The number of hydrogen-bond acceptors (Lipinski definition) is 2. The molecule has 0 saturated carbocycles. The van der Waals surface area contributed by atoms with Crippen LogP contribution in [-0.2, 0) is 4.79 Å². The molecule has 0 aromatic heterocycles. The number of hydrogen-bond donors (Lipinski definition) is 0. The normalized spacial score (nSPS) is 15.1. The van der Waals surface area contributed by atoms with Crippen LogP contribution in [0.25, 0.3) is 16.8 Å². The van der Waals surface area contributed by atoms with E-state index >= 15 is 0 Å². The molecular formula is C27H20N2O. The molecule has 0 bridgehead atoms. The molecule has 0 fully saturated rings. The molecule has 0 saturated heterocycles. The van der Waals surface area contributed by atoms with Crippen molar-refractivity contribution in [3.63, 3.8) is 0 Å². The molecule has 144 valence electrons. The fourth-order valence-corrected chi connectivity index (χ4v) is 3.83. The smallest absolute Gasteiger partial charge is 0.266 e. The maximum atomic E-state index is 13.5. The number of amidine groups is 1. The van der Waals surface area contributed by atoms with Crippen molar-refractivity contribution in [2.24, 2.45) is 4.99 Å². The number of para-hydroxylation sites is 1. The van der Waals surface area contributed by atoms with Gasteiger partial charge in [-0.3, -0.25) is 9.69 Å². The lowest BCUT2D eigenvalue weighted by Crippen LogP contribution is -2.32. The summed E-state index contributed by atoms with van der Waals surface area (Å²) in [5.41, 5.74) is 4.28. The molecule has 3 heteroatoms. The van der Waals surface area contributed by atoms with Gasteiger partial charge in [-0.25, -0.2) is 4.99 Å². The van der Waals surface area contributed by atoms with Crippen molar-refractivity contribution in [1.29, 1.82) is 0 Å². The van der Waals surface area contributed by atoms with Crippen LogP contribution < -0.4 is 4.90 Å². The Hall–Kier alpha value is -3.98. The monoisotopic (exact) mass is 388 g/mol. The van der Waals surface area contributed by atoms with E-state index in [9.17, 15) is 4.79 Å². The van der Waals surface area contributed by atoms with E-state index in [1.54, 1.807) is 4.90 Å². The van der Waals surface area contributed by atoms with Crippen LogP contribution >= 0.6 is 0 Å². The number of nitrogens with zero attached hydrogens (tertiary/aromatic N) is 2. The molecule has 0 radical (unpaired) electrons. The molecule has 1 amide bonds. The predicted molar refractivity (Wildman–Crippen MR) is 124 cm³/mol. The molecule has 3 nitrogen and oxygen atoms in total. The highest BCUT2D eigenvalue weighted by Crippen LogP contribution is 2.29. The highest BCUT2D eigenvalue weighted by Gasteiger charge is 2.32. The van der Waals surface area contributed by atoms with Crippen molar-refractivity contribution >= 4 is 34.3 Å². The summed E-state index contributed by atoms with van der Waals surface area (Å²) in [6.45, 7) is 2.04. The fraction of sp³-hybridized carbons (Fsp3) is 0.0370. The molecule has 0 spiro atoms. The minimum absolute atomic E-state index is 0.120. The van der Waals surface area contributed by atoms with Gasteiger partial charge in [-0.1, -0.05) is 84.4 Å². The van der Waals surface area contributed by atoms with Crippen molar-refractivity contribution in [2.75, 3.05) is 4.90 Å². The number of benzene rings is 4. The molecule has 30 heavy (non-hydrogen) atoms. The molecule has 0 N–H and O–H groups in total. The quantitative estimate of drug-likeness (QED) is 0.397. The number of carbonyl (C=O) groups is 1. The van der Waals surface area contributed by atoms with Crippen LogP contribution in [0.4, 0.5) is 5.69 Å². The van der Waals surface area contributed by atoms with Crippen LogP contribution in [-0.4, -0.2) is 11.7 Å². The van der Waals surface area contributed by atoms with Gasteiger partial charge >= 0.3 is 0 Å². The molecule has 0 unspecified atom stereocenters. The summed E-state index contributed by atoms with van der Waals surface area (Å²) in [4.78, 5) is 20.0. The number of aliphatic imine (C=N–C) groups is 1. The topological polar surface area (TPSA) is 32.7 Å². The van der Waals surface area contributed by atoms with E-state index in [-0.39, 0.29) is 5.91 Å². The Morgan fingerprint density at radius 3 is 2.37 bits per heavy atom. The Morgan fingerprint density at radius 1 is 0.800 bits per heavy atom. The first-order valence-corrected chi connectivity index (χ1v) is 9.95. The third kappa shape index (κ3) is 3.20. The molecule has 1 aliphatic heterocycles. The first-order chi connectivity index (χ1) is 14.7. The SMILES string of the molecule is Cc1cccc(C2=N/C(=C/c3cccc4ccccc34)C(=O)N2c2ccccc2)c1. The second-order valence-corrected chi connectivity index (χ2v) is 7.38. The van der Waals surface area contributed by atoms with Crippen LogP contribution in [0.3, 0.4) is 0 Å². The fourth-order valence-electron chi connectivity index (χ4n) is 3.83. The average molecular weight is 388 g/mol. The summed E-state index contributed by atoms with van der Waals surface area (Å²) in [6, 6.07) is 32.1.